The zero-order valence-electron chi connectivity index (χ0n) is 16.6. The Morgan fingerprint density at radius 2 is 1.26 bits per heavy atom. The summed E-state index contributed by atoms with van der Waals surface area (Å²) in [5, 5.41) is 5.98. The summed E-state index contributed by atoms with van der Waals surface area (Å²) in [4.78, 5) is 12.1. The van der Waals surface area contributed by atoms with Gasteiger partial charge in [-0.2, -0.15) is 0 Å². The highest BCUT2D eigenvalue weighted by Crippen LogP contribution is 2.19. The standard InChI is InChI=1S/C22H30N2O3/c1-5-16(3)26-20-11-7-18(8-12-20)23-15-22(25)24-19-9-13-21(14-10-19)27-17(4)6-2/h7-14,16-17,23H,5-6,15H2,1-4H3,(H,24,25). The van der Waals surface area contributed by atoms with Crippen LogP contribution in [0.4, 0.5) is 11.4 Å². The minimum atomic E-state index is -0.106. The quantitative estimate of drug-likeness (QED) is 0.611. The van der Waals surface area contributed by atoms with Crippen LogP contribution in [-0.2, 0) is 4.79 Å². The minimum Gasteiger partial charge on any atom is -0.491 e. The van der Waals surface area contributed by atoms with E-state index in [1.54, 1.807) is 0 Å². The molecular weight excluding hydrogens is 340 g/mol. The van der Waals surface area contributed by atoms with E-state index in [0.717, 1.165) is 35.7 Å². The van der Waals surface area contributed by atoms with Crippen molar-refractivity contribution in [1.29, 1.82) is 0 Å². The summed E-state index contributed by atoms with van der Waals surface area (Å²) in [6.45, 7) is 8.44. The second kappa shape index (κ2) is 10.5. The van der Waals surface area contributed by atoms with Gasteiger partial charge in [0, 0.05) is 11.4 Å². The number of carbonyl (C=O) groups is 1. The Morgan fingerprint density at radius 1 is 0.815 bits per heavy atom. The molecule has 0 heterocycles. The van der Waals surface area contributed by atoms with Crippen molar-refractivity contribution in [2.24, 2.45) is 0 Å². The third-order valence-corrected chi connectivity index (χ3v) is 4.27. The predicted molar refractivity (Wildman–Crippen MR) is 111 cm³/mol. The van der Waals surface area contributed by atoms with Crippen LogP contribution in [0.1, 0.15) is 40.5 Å². The normalized spacial score (nSPS) is 12.7. The first-order valence-corrected chi connectivity index (χ1v) is 9.57. The molecule has 27 heavy (non-hydrogen) atoms. The number of amides is 1. The van der Waals surface area contributed by atoms with Crippen molar-refractivity contribution < 1.29 is 14.3 Å². The van der Waals surface area contributed by atoms with E-state index in [1.807, 2.05) is 62.4 Å². The smallest absolute Gasteiger partial charge is 0.243 e. The molecule has 0 saturated carbocycles. The zero-order valence-corrected chi connectivity index (χ0v) is 16.6. The molecule has 2 aromatic rings. The fourth-order valence-corrected chi connectivity index (χ4v) is 2.29. The highest BCUT2D eigenvalue weighted by Gasteiger charge is 2.05. The van der Waals surface area contributed by atoms with E-state index >= 15 is 0 Å². The van der Waals surface area contributed by atoms with Gasteiger partial charge in [0.25, 0.3) is 0 Å². The van der Waals surface area contributed by atoms with E-state index in [-0.39, 0.29) is 24.7 Å². The Kier molecular flexibility index (Phi) is 7.99. The van der Waals surface area contributed by atoms with Gasteiger partial charge in [0.05, 0.1) is 18.8 Å². The first kappa shape index (κ1) is 20.6. The fraction of sp³-hybridized carbons (Fsp3) is 0.409. The highest BCUT2D eigenvalue weighted by atomic mass is 16.5. The number of anilines is 2. The van der Waals surface area contributed by atoms with Crippen LogP contribution >= 0.6 is 0 Å². The maximum absolute atomic E-state index is 12.1. The number of rotatable bonds is 10. The fourth-order valence-electron chi connectivity index (χ4n) is 2.29. The average molecular weight is 370 g/mol. The lowest BCUT2D eigenvalue weighted by molar-refractivity contribution is -0.114. The molecule has 0 radical (unpaired) electrons. The van der Waals surface area contributed by atoms with Gasteiger partial charge in [0.15, 0.2) is 0 Å². The van der Waals surface area contributed by atoms with Crippen molar-refractivity contribution in [1.82, 2.24) is 0 Å². The summed E-state index contributed by atoms with van der Waals surface area (Å²) in [7, 11) is 0. The lowest BCUT2D eigenvalue weighted by Crippen LogP contribution is -2.21. The molecule has 2 N–H and O–H groups in total. The average Bonchev–Trinajstić information content (AvgIpc) is 2.68. The molecule has 0 fully saturated rings. The second-order valence-electron chi connectivity index (χ2n) is 6.62. The van der Waals surface area contributed by atoms with Gasteiger partial charge in [-0.3, -0.25) is 4.79 Å². The van der Waals surface area contributed by atoms with Gasteiger partial charge in [-0.25, -0.2) is 0 Å². The third kappa shape index (κ3) is 7.21. The van der Waals surface area contributed by atoms with Crippen LogP contribution in [0.5, 0.6) is 11.5 Å². The van der Waals surface area contributed by atoms with Gasteiger partial charge in [0.2, 0.25) is 5.91 Å². The second-order valence-corrected chi connectivity index (χ2v) is 6.62. The number of ether oxygens (including phenoxy) is 2. The van der Waals surface area contributed by atoms with Crippen LogP contribution in [0.15, 0.2) is 48.5 Å². The molecule has 0 spiro atoms. The summed E-state index contributed by atoms with van der Waals surface area (Å²) in [6, 6.07) is 15.0. The molecule has 0 bridgehead atoms. The number of benzene rings is 2. The SMILES string of the molecule is CCC(C)Oc1ccc(NCC(=O)Nc2ccc(OC(C)CC)cc2)cc1. The zero-order chi connectivity index (χ0) is 19.6. The Morgan fingerprint density at radius 3 is 1.70 bits per heavy atom. The molecule has 5 nitrogen and oxygen atoms in total. The first-order chi connectivity index (χ1) is 13.0. The number of carbonyl (C=O) groups excluding carboxylic acids is 1. The third-order valence-electron chi connectivity index (χ3n) is 4.27. The van der Waals surface area contributed by atoms with E-state index in [0.29, 0.717) is 0 Å². The number of nitrogens with one attached hydrogen (secondary N) is 2. The van der Waals surface area contributed by atoms with Crippen molar-refractivity contribution in [3.8, 4) is 11.5 Å². The maximum Gasteiger partial charge on any atom is 0.243 e. The summed E-state index contributed by atoms with van der Waals surface area (Å²) in [5.41, 5.74) is 1.62. The largest absolute Gasteiger partial charge is 0.491 e. The van der Waals surface area contributed by atoms with Crippen LogP contribution in [-0.4, -0.2) is 24.7 Å². The Balaban J connectivity index is 1.78. The van der Waals surface area contributed by atoms with Crippen LogP contribution in [0, 0.1) is 0 Å². The molecule has 5 heteroatoms. The summed E-state index contributed by atoms with van der Waals surface area (Å²) < 4.78 is 11.5. The van der Waals surface area contributed by atoms with Crippen molar-refractivity contribution >= 4 is 17.3 Å². The monoisotopic (exact) mass is 370 g/mol. The number of hydrogen-bond donors (Lipinski definition) is 2. The number of hydrogen-bond acceptors (Lipinski definition) is 4. The van der Waals surface area contributed by atoms with Gasteiger partial charge in [0.1, 0.15) is 11.5 Å². The molecule has 0 aromatic heterocycles. The van der Waals surface area contributed by atoms with E-state index in [1.165, 1.54) is 0 Å². The Hall–Kier alpha value is -2.69. The molecule has 2 atom stereocenters. The molecule has 1 amide bonds. The molecule has 0 saturated heterocycles. The predicted octanol–water partition coefficient (Wildman–Crippen LogP) is 5.09. The van der Waals surface area contributed by atoms with E-state index in [9.17, 15) is 4.79 Å². The lowest BCUT2D eigenvalue weighted by atomic mass is 10.2. The molecule has 0 aliphatic carbocycles. The van der Waals surface area contributed by atoms with E-state index in [4.69, 9.17) is 9.47 Å². The van der Waals surface area contributed by atoms with Crippen LogP contribution in [0.2, 0.25) is 0 Å². The molecule has 146 valence electrons. The Labute approximate surface area is 162 Å². The van der Waals surface area contributed by atoms with Crippen LogP contribution < -0.4 is 20.1 Å². The molecule has 2 rings (SSSR count). The Bertz CT molecular complexity index is 699. The van der Waals surface area contributed by atoms with Gasteiger partial charge in [-0.05, 0) is 75.2 Å². The first-order valence-electron chi connectivity index (χ1n) is 9.57. The lowest BCUT2D eigenvalue weighted by Gasteiger charge is -2.14. The molecule has 0 aliphatic rings. The van der Waals surface area contributed by atoms with E-state index < -0.39 is 0 Å². The maximum atomic E-state index is 12.1. The molecular formula is C22H30N2O3. The topological polar surface area (TPSA) is 59.6 Å². The molecule has 0 aliphatic heterocycles. The van der Waals surface area contributed by atoms with Gasteiger partial charge >= 0.3 is 0 Å². The van der Waals surface area contributed by atoms with Crippen LogP contribution in [0.3, 0.4) is 0 Å². The minimum absolute atomic E-state index is 0.106. The van der Waals surface area contributed by atoms with Crippen molar-refractivity contribution in [3.63, 3.8) is 0 Å². The van der Waals surface area contributed by atoms with Crippen molar-refractivity contribution in [2.45, 2.75) is 52.7 Å². The molecule has 2 aromatic carbocycles. The summed E-state index contributed by atoms with van der Waals surface area (Å²) in [6.07, 6.45) is 2.29. The van der Waals surface area contributed by atoms with Gasteiger partial charge in [-0.15, -0.1) is 0 Å². The van der Waals surface area contributed by atoms with Crippen molar-refractivity contribution in [2.75, 3.05) is 17.2 Å². The van der Waals surface area contributed by atoms with Gasteiger partial charge in [-0.1, -0.05) is 13.8 Å². The van der Waals surface area contributed by atoms with Crippen LogP contribution in [0.25, 0.3) is 0 Å². The molecule has 2 unspecified atom stereocenters. The highest BCUT2D eigenvalue weighted by molar-refractivity contribution is 5.93. The van der Waals surface area contributed by atoms with E-state index in [2.05, 4.69) is 24.5 Å². The summed E-state index contributed by atoms with van der Waals surface area (Å²) in [5.74, 6) is 1.53. The summed E-state index contributed by atoms with van der Waals surface area (Å²) >= 11 is 0. The van der Waals surface area contributed by atoms with Crippen molar-refractivity contribution in [3.05, 3.63) is 48.5 Å². The van der Waals surface area contributed by atoms with Gasteiger partial charge < -0.3 is 20.1 Å².